The lowest BCUT2D eigenvalue weighted by molar-refractivity contribution is 0.465. The standard InChI is InChI=1S/C48H29BO2/c1-2-17-38-36(15-1)37-16-3-4-18-39(37)41-27-34(23-24-40(38)41)32-13-9-11-30(25-32)31-12-10-14-33(26-31)35-28-46-48-47(29-35)51-45-22-8-6-20-43(45)49(48)42-19-5-7-21-44(42)50-46/h1-29H. The maximum Gasteiger partial charge on any atom is 0.260 e. The minimum absolute atomic E-state index is 0.0693. The van der Waals surface area contributed by atoms with Gasteiger partial charge >= 0.3 is 0 Å². The summed E-state index contributed by atoms with van der Waals surface area (Å²) < 4.78 is 13.2. The highest BCUT2D eigenvalue weighted by molar-refractivity contribution is 6.98. The Morgan fingerprint density at radius 2 is 0.686 bits per heavy atom. The third-order valence-corrected chi connectivity index (χ3v) is 10.8. The molecular weight excluding hydrogens is 619 g/mol. The summed E-state index contributed by atoms with van der Waals surface area (Å²) in [6.45, 7) is 0.0693. The van der Waals surface area contributed by atoms with Gasteiger partial charge in [-0.2, -0.15) is 0 Å². The maximum atomic E-state index is 6.58. The van der Waals surface area contributed by atoms with Crippen LogP contribution in [0.1, 0.15) is 0 Å². The van der Waals surface area contributed by atoms with Gasteiger partial charge in [-0.3, -0.25) is 0 Å². The van der Waals surface area contributed by atoms with Crippen molar-refractivity contribution < 1.29 is 9.47 Å². The van der Waals surface area contributed by atoms with Crippen LogP contribution in [0.2, 0.25) is 0 Å². The fourth-order valence-electron chi connectivity index (χ4n) is 8.40. The van der Waals surface area contributed by atoms with E-state index in [9.17, 15) is 0 Å². The summed E-state index contributed by atoms with van der Waals surface area (Å²) >= 11 is 0. The fourth-order valence-corrected chi connectivity index (χ4v) is 8.40. The van der Waals surface area contributed by atoms with Gasteiger partial charge in [0.05, 0.1) is 0 Å². The molecule has 0 N–H and O–H groups in total. The van der Waals surface area contributed by atoms with Gasteiger partial charge in [0, 0.05) is 5.46 Å². The van der Waals surface area contributed by atoms with Crippen LogP contribution in [0.5, 0.6) is 23.0 Å². The molecule has 2 aliphatic heterocycles. The molecule has 236 valence electrons. The number of ether oxygens (including phenoxy) is 2. The second-order valence-corrected chi connectivity index (χ2v) is 13.6. The van der Waals surface area contributed by atoms with Crippen molar-refractivity contribution in [3.63, 3.8) is 0 Å². The largest absolute Gasteiger partial charge is 0.458 e. The van der Waals surface area contributed by atoms with Gasteiger partial charge in [0.25, 0.3) is 6.71 Å². The van der Waals surface area contributed by atoms with Crippen LogP contribution in [0, 0.1) is 0 Å². The fraction of sp³-hybridized carbons (Fsp3) is 0. The van der Waals surface area contributed by atoms with E-state index in [2.05, 4.69) is 164 Å². The van der Waals surface area contributed by atoms with Gasteiger partial charge in [0.1, 0.15) is 23.0 Å². The zero-order valence-corrected chi connectivity index (χ0v) is 27.6. The van der Waals surface area contributed by atoms with Gasteiger partial charge in [-0.25, -0.2) is 0 Å². The van der Waals surface area contributed by atoms with Crippen LogP contribution < -0.4 is 25.9 Å². The summed E-state index contributed by atoms with van der Waals surface area (Å²) in [6, 6.07) is 63.2. The molecule has 0 saturated heterocycles. The predicted octanol–water partition coefficient (Wildman–Crippen LogP) is 10.9. The van der Waals surface area contributed by atoms with Crippen LogP contribution in [-0.4, -0.2) is 6.71 Å². The Bertz CT molecular complexity index is 2780. The van der Waals surface area contributed by atoms with Gasteiger partial charge in [0.2, 0.25) is 0 Å². The molecule has 0 spiro atoms. The van der Waals surface area contributed by atoms with Gasteiger partial charge in [0.15, 0.2) is 0 Å². The molecular formula is C48H29BO2. The second kappa shape index (κ2) is 11.0. The molecule has 0 atom stereocenters. The predicted molar refractivity (Wildman–Crippen MR) is 213 cm³/mol. The molecule has 0 aliphatic carbocycles. The lowest BCUT2D eigenvalue weighted by Gasteiger charge is -2.33. The van der Waals surface area contributed by atoms with E-state index in [0.717, 1.165) is 45.2 Å². The Hall–Kier alpha value is -6.58. The average Bonchev–Trinajstić information content (AvgIpc) is 3.20. The van der Waals surface area contributed by atoms with Crippen molar-refractivity contribution in [1.29, 1.82) is 0 Å². The van der Waals surface area contributed by atoms with E-state index in [1.54, 1.807) is 0 Å². The van der Waals surface area contributed by atoms with Gasteiger partial charge in [-0.1, -0.05) is 133 Å². The minimum Gasteiger partial charge on any atom is -0.458 e. The highest BCUT2D eigenvalue weighted by atomic mass is 16.5. The summed E-state index contributed by atoms with van der Waals surface area (Å²) in [6.07, 6.45) is 0. The third kappa shape index (κ3) is 4.38. The lowest BCUT2D eigenvalue weighted by Crippen LogP contribution is -2.57. The van der Waals surface area contributed by atoms with Gasteiger partial charge in [-0.15, -0.1) is 0 Å². The van der Waals surface area contributed by atoms with E-state index in [1.165, 1.54) is 59.9 Å². The molecule has 2 aliphatic rings. The van der Waals surface area contributed by atoms with Crippen LogP contribution in [-0.2, 0) is 0 Å². The first kappa shape index (κ1) is 28.3. The van der Waals surface area contributed by atoms with Crippen LogP contribution in [0.25, 0.3) is 65.7 Å². The zero-order valence-electron chi connectivity index (χ0n) is 27.6. The summed E-state index contributed by atoms with van der Waals surface area (Å²) in [5.74, 6) is 3.50. The second-order valence-electron chi connectivity index (χ2n) is 13.6. The molecule has 3 heteroatoms. The van der Waals surface area contributed by atoms with E-state index in [-0.39, 0.29) is 6.71 Å². The Morgan fingerprint density at radius 3 is 1.22 bits per heavy atom. The summed E-state index contributed by atoms with van der Waals surface area (Å²) in [5.41, 5.74) is 10.3. The van der Waals surface area contributed by atoms with Crippen molar-refractivity contribution in [2.24, 2.45) is 0 Å². The number of rotatable bonds is 3. The summed E-state index contributed by atoms with van der Waals surface area (Å²) in [7, 11) is 0. The highest BCUT2D eigenvalue weighted by Gasteiger charge is 2.40. The van der Waals surface area contributed by atoms with Crippen LogP contribution in [0.4, 0.5) is 0 Å². The molecule has 9 aromatic carbocycles. The van der Waals surface area contributed by atoms with Crippen molar-refractivity contribution in [2.75, 3.05) is 0 Å². The minimum atomic E-state index is 0.0693. The van der Waals surface area contributed by atoms with Crippen LogP contribution in [0.3, 0.4) is 0 Å². The number of fused-ring (bicyclic) bond motifs is 10. The maximum absolute atomic E-state index is 6.58. The number of para-hydroxylation sites is 2. The molecule has 0 amide bonds. The molecule has 0 fully saturated rings. The van der Waals surface area contributed by atoms with Gasteiger partial charge < -0.3 is 9.47 Å². The first-order valence-corrected chi connectivity index (χ1v) is 17.5. The molecule has 0 saturated carbocycles. The summed E-state index contributed by atoms with van der Waals surface area (Å²) in [5, 5.41) is 7.73. The Morgan fingerprint density at radius 1 is 0.275 bits per heavy atom. The number of benzene rings is 9. The molecule has 0 bridgehead atoms. The number of hydrogen-bond donors (Lipinski definition) is 0. The summed E-state index contributed by atoms with van der Waals surface area (Å²) in [4.78, 5) is 0. The van der Waals surface area contributed by atoms with Crippen molar-refractivity contribution in [3.8, 4) is 56.4 Å². The third-order valence-electron chi connectivity index (χ3n) is 10.8. The molecule has 51 heavy (non-hydrogen) atoms. The van der Waals surface area contributed by atoms with Crippen molar-refractivity contribution in [2.45, 2.75) is 0 Å². The van der Waals surface area contributed by atoms with Crippen LogP contribution in [0.15, 0.2) is 176 Å². The molecule has 0 unspecified atom stereocenters. The molecule has 2 heterocycles. The Kier molecular flexibility index (Phi) is 6.08. The quantitative estimate of drug-likeness (QED) is 0.140. The van der Waals surface area contributed by atoms with E-state index in [1.807, 2.05) is 12.1 Å². The zero-order chi connectivity index (χ0) is 33.5. The van der Waals surface area contributed by atoms with E-state index in [0.29, 0.717) is 0 Å². The first-order chi connectivity index (χ1) is 25.3. The monoisotopic (exact) mass is 648 g/mol. The number of hydrogen-bond acceptors (Lipinski definition) is 2. The smallest absolute Gasteiger partial charge is 0.260 e. The van der Waals surface area contributed by atoms with Crippen molar-refractivity contribution in [1.82, 2.24) is 0 Å². The Balaban J connectivity index is 1.00. The Labute approximate surface area is 296 Å². The first-order valence-electron chi connectivity index (χ1n) is 17.5. The van der Waals surface area contributed by atoms with Crippen molar-refractivity contribution >= 4 is 55.4 Å². The topological polar surface area (TPSA) is 18.5 Å². The molecule has 0 aromatic heterocycles. The molecule has 2 nitrogen and oxygen atoms in total. The molecule has 9 aromatic rings. The SMILES string of the molecule is c1cc(-c2cccc(-c3ccc4c5ccccc5c5ccccc5c4c3)c2)cc(-c2cc3c4c(c2)Oc2ccccc2B4c2ccccc2O3)c1. The molecule has 0 radical (unpaired) electrons. The lowest BCUT2D eigenvalue weighted by atomic mass is 9.35. The van der Waals surface area contributed by atoms with Crippen LogP contribution >= 0.6 is 0 Å². The van der Waals surface area contributed by atoms with Gasteiger partial charge in [-0.05, 0) is 119 Å². The average molecular weight is 649 g/mol. The van der Waals surface area contributed by atoms with E-state index < -0.39 is 0 Å². The van der Waals surface area contributed by atoms with E-state index >= 15 is 0 Å². The van der Waals surface area contributed by atoms with E-state index in [4.69, 9.17) is 9.47 Å². The highest BCUT2D eigenvalue weighted by Crippen LogP contribution is 2.40. The van der Waals surface area contributed by atoms with Crippen molar-refractivity contribution in [3.05, 3.63) is 176 Å². The molecule has 11 rings (SSSR count). The normalized spacial score (nSPS) is 12.6.